The van der Waals surface area contributed by atoms with Gasteiger partial charge in [0.2, 0.25) is 0 Å². The number of benzene rings is 3. The van der Waals surface area contributed by atoms with Gasteiger partial charge in [0.1, 0.15) is 0 Å². The molecule has 0 saturated heterocycles. The largest absolute Gasteiger partial charge is 0.279 e. The number of para-hydroxylation sites is 1. The Morgan fingerprint density at radius 3 is 2.12 bits per heavy atom. The van der Waals surface area contributed by atoms with Gasteiger partial charge in [-0.15, -0.1) is 0 Å². The molecule has 0 aliphatic heterocycles. The fraction of sp³-hybridized carbons (Fsp3) is 0. The molecule has 3 aromatic carbocycles. The van der Waals surface area contributed by atoms with Crippen molar-refractivity contribution in [3.05, 3.63) is 93.7 Å². The van der Waals surface area contributed by atoms with Crippen molar-refractivity contribution < 1.29 is 0 Å². The summed E-state index contributed by atoms with van der Waals surface area (Å²) in [5.41, 5.74) is 2.37. The summed E-state index contributed by atoms with van der Waals surface area (Å²) in [5, 5.41) is 6.19. The van der Waals surface area contributed by atoms with E-state index in [1.807, 2.05) is 78.9 Å². The molecule has 24 heavy (non-hydrogen) atoms. The average molecular weight is 377 g/mol. The minimum Gasteiger partial charge on any atom is -0.267 e. The van der Waals surface area contributed by atoms with Gasteiger partial charge in [0, 0.05) is 15.4 Å². The van der Waals surface area contributed by atoms with E-state index in [0.29, 0.717) is 5.39 Å². The van der Waals surface area contributed by atoms with Crippen LogP contribution in [0.25, 0.3) is 27.7 Å². The molecule has 0 N–H and O–H groups in total. The number of hydrogen-bond acceptors (Lipinski definition) is 2. The Morgan fingerprint density at radius 2 is 1.38 bits per heavy atom. The lowest BCUT2D eigenvalue weighted by atomic mass is 10.1. The van der Waals surface area contributed by atoms with Crippen LogP contribution in [0.5, 0.6) is 0 Å². The normalized spacial score (nSPS) is 10.9. The van der Waals surface area contributed by atoms with Gasteiger partial charge in [0.15, 0.2) is 0 Å². The van der Waals surface area contributed by atoms with Crippen molar-refractivity contribution in [2.45, 2.75) is 0 Å². The molecule has 1 aromatic heterocycles. The quantitative estimate of drug-likeness (QED) is 0.502. The average Bonchev–Trinajstić information content (AvgIpc) is 2.64. The van der Waals surface area contributed by atoms with Crippen LogP contribution < -0.4 is 5.56 Å². The monoisotopic (exact) mass is 376 g/mol. The van der Waals surface area contributed by atoms with Gasteiger partial charge >= 0.3 is 0 Å². The van der Waals surface area contributed by atoms with Crippen molar-refractivity contribution in [2.75, 3.05) is 0 Å². The van der Waals surface area contributed by atoms with Gasteiger partial charge < -0.3 is 0 Å². The second-order valence-corrected chi connectivity index (χ2v) is 6.28. The van der Waals surface area contributed by atoms with Gasteiger partial charge in [-0.1, -0.05) is 60.7 Å². The first-order valence-electron chi connectivity index (χ1n) is 7.58. The van der Waals surface area contributed by atoms with E-state index in [1.54, 1.807) is 0 Å². The molecule has 0 aliphatic rings. The van der Waals surface area contributed by atoms with Crippen LogP contribution >= 0.6 is 15.9 Å². The van der Waals surface area contributed by atoms with Crippen molar-refractivity contribution in [1.82, 2.24) is 9.78 Å². The van der Waals surface area contributed by atoms with Crippen LogP contribution in [0.2, 0.25) is 0 Å². The SMILES string of the molecule is O=c1c2ccccc2c(-c2ccccc2)nn1-c1ccccc1Br. The zero-order chi connectivity index (χ0) is 16.5. The fourth-order valence-corrected chi connectivity index (χ4v) is 3.24. The Bertz CT molecular complexity index is 1090. The highest BCUT2D eigenvalue weighted by Gasteiger charge is 2.14. The van der Waals surface area contributed by atoms with Gasteiger partial charge in [0.05, 0.1) is 16.8 Å². The van der Waals surface area contributed by atoms with Gasteiger partial charge in [-0.25, -0.2) is 0 Å². The van der Waals surface area contributed by atoms with Crippen molar-refractivity contribution in [3.63, 3.8) is 0 Å². The molecule has 1 heterocycles. The zero-order valence-electron chi connectivity index (χ0n) is 12.7. The lowest BCUT2D eigenvalue weighted by Crippen LogP contribution is -2.22. The van der Waals surface area contributed by atoms with Crippen LogP contribution in [0, 0.1) is 0 Å². The van der Waals surface area contributed by atoms with Crippen molar-refractivity contribution in [2.24, 2.45) is 0 Å². The summed E-state index contributed by atoms with van der Waals surface area (Å²) in [6.07, 6.45) is 0. The molecule has 0 amide bonds. The second kappa shape index (κ2) is 6.06. The van der Waals surface area contributed by atoms with Crippen LogP contribution in [0.15, 0.2) is 88.1 Å². The molecular formula is C20H13BrN2O. The van der Waals surface area contributed by atoms with Gasteiger partial charge in [-0.05, 0) is 34.1 Å². The molecule has 4 aromatic rings. The highest BCUT2D eigenvalue weighted by atomic mass is 79.9. The summed E-state index contributed by atoms with van der Waals surface area (Å²) >= 11 is 3.51. The molecule has 0 bridgehead atoms. The van der Waals surface area contributed by atoms with E-state index in [4.69, 9.17) is 0 Å². The number of fused-ring (bicyclic) bond motifs is 1. The third kappa shape index (κ3) is 2.45. The first kappa shape index (κ1) is 14.8. The van der Waals surface area contributed by atoms with Crippen molar-refractivity contribution in [1.29, 1.82) is 0 Å². The van der Waals surface area contributed by atoms with E-state index < -0.39 is 0 Å². The molecule has 0 unspecified atom stereocenters. The van der Waals surface area contributed by atoms with Crippen molar-refractivity contribution >= 4 is 26.7 Å². The van der Waals surface area contributed by atoms with E-state index in [0.717, 1.165) is 26.8 Å². The first-order valence-corrected chi connectivity index (χ1v) is 8.37. The van der Waals surface area contributed by atoms with Crippen LogP contribution in [0.4, 0.5) is 0 Å². The highest BCUT2D eigenvalue weighted by Crippen LogP contribution is 2.26. The molecule has 116 valence electrons. The molecule has 0 atom stereocenters. The predicted octanol–water partition coefficient (Wildman–Crippen LogP) is 4.82. The second-order valence-electron chi connectivity index (χ2n) is 5.43. The van der Waals surface area contributed by atoms with Crippen molar-refractivity contribution in [3.8, 4) is 16.9 Å². The summed E-state index contributed by atoms with van der Waals surface area (Å²) in [6.45, 7) is 0. The fourth-order valence-electron chi connectivity index (χ4n) is 2.79. The lowest BCUT2D eigenvalue weighted by molar-refractivity contribution is 0.822. The van der Waals surface area contributed by atoms with Crippen LogP contribution in [-0.4, -0.2) is 9.78 Å². The van der Waals surface area contributed by atoms with Crippen LogP contribution in [0.1, 0.15) is 0 Å². The minimum atomic E-state index is -0.128. The topological polar surface area (TPSA) is 34.9 Å². The zero-order valence-corrected chi connectivity index (χ0v) is 14.3. The van der Waals surface area contributed by atoms with Gasteiger partial charge in [-0.2, -0.15) is 9.78 Å². The smallest absolute Gasteiger partial charge is 0.267 e. The first-order chi connectivity index (χ1) is 11.8. The lowest BCUT2D eigenvalue weighted by Gasteiger charge is -2.12. The van der Waals surface area contributed by atoms with Gasteiger partial charge in [-0.3, -0.25) is 4.79 Å². The Morgan fingerprint density at radius 1 is 0.750 bits per heavy atom. The Balaban J connectivity index is 2.12. The summed E-state index contributed by atoms with van der Waals surface area (Å²) in [6, 6.07) is 25.1. The maximum Gasteiger partial charge on any atom is 0.279 e. The molecular weight excluding hydrogens is 364 g/mol. The third-order valence-electron chi connectivity index (χ3n) is 3.93. The third-order valence-corrected chi connectivity index (χ3v) is 4.60. The Labute approximate surface area is 147 Å². The van der Waals surface area contributed by atoms with E-state index >= 15 is 0 Å². The van der Waals surface area contributed by atoms with Crippen LogP contribution in [-0.2, 0) is 0 Å². The number of nitrogens with zero attached hydrogens (tertiary/aromatic N) is 2. The molecule has 0 saturated carbocycles. The maximum atomic E-state index is 12.9. The van der Waals surface area contributed by atoms with E-state index in [2.05, 4.69) is 21.0 Å². The Kier molecular flexibility index (Phi) is 3.75. The number of halogens is 1. The van der Waals surface area contributed by atoms with Gasteiger partial charge in [0.25, 0.3) is 5.56 Å². The standard InChI is InChI=1S/C20H13BrN2O/c21-17-12-6-7-13-18(17)23-20(24)16-11-5-4-10-15(16)19(22-23)14-8-2-1-3-9-14/h1-13H. The van der Waals surface area contributed by atoms with E-state index in [9.17, 15) is 4.79 Å². The molecule has 4 rings (SSSR count). The molecule has 3 nitrogen and oxygen atoms in total. The summed E-state index contributed by atoms with van der Waals surface area (Å²) in [4.78, 5) is 12.9. The number of hydrogen-bond donors (Lipinski definition) is 0. The summed E-state index contributed by atoms with van der Waals surface area (Å²) < 4.78 is 2.29. The number of aromatic nitrogens is 2. The molecule has 0 radical (unpaired) electrons. The highest BCUT2D eigenvalue weighted by molar-refractivity contribution is 9.10. The molecule has 0 aliphatic carbocycles. The maximum absolute atomic E-state index is 12.9. The summed E-state index contributed by atoms with van der Waals surface area (Å²) in [7, 11) is 0. The molecule has 0 spiro atoms. The number of rotatable bonds is 2. The summed E-state index contributed by atoms with van der Waals surface area (Å²) in [5.74, 6) is 0. The van der Waals surface area contributed by atoms with E-state index in [-0.39, 0.29) is 5.56 Å². The van der Waals surface area contributed by atoms with Crippen LogP contribution in [0.3, 0.4) is 0 Å². The molecule has 0 fully saturated rings. The molecule has 4 heteroatoms. The Hall–Kier alpha value is -2.72. The minimum absolute atomic E-state index is 0.128. The predicted molar refractivity (Wildman–Crippen MR) is 100 cm³/mol. The van der Waals surface area contributed by atoms with E-state index in [1.165, 1.54) is 4.68 Å².